The van der Waals surface area contributed by atoms with Crippen LogP contribution in [0.25, 0.3) is 0 Å². The monoisotopic (exact) mass is 260 g/mol. The number of carbonyl (C=O) groups excluding carboxylic acids is 1. The van der Waals surface area contributed by atoms with Crippen molar-refractivity contribution in [1.29, 1.82) is 0 Å². The molecule has 19 heavy (non-hydrogen) atoms. The third-order valence-corrected chi connectivity index (χ3v) is 3.26. The number of anilines is 1. The number of allylic oxidation sites excluding steroid dienone is 1. The second kappa shape index (κ2) is 5.78. The molecule has 0 heterocycles. The lowest BCUT2D eigenvalue weighted by Gasteiger charge is -2.11. The van der Waals surface area contributed by atoms with Crippen molar-refractivity contribution >= 4 is 11.7 Å². The molecule has 0 spiro atoms. The van der Waals surface area contributed by atoms with Gasteiger partial charge in [0.25, 0.3) is 0 Å². The maximum Gasteiger partial charge on any atom is 0.323 e. The molecule has 0 radical (unpaired) electrons. The van der Waals surface area contributed by atoms with Gasteiger partial charge in [-0.25, -0.2) is 4.79 Å². The number of rotatable bonds is 4. The molecule has 2 N–H and O–H groups in total. The van der Waals surface area contributed by atoms with Crippen molar-refractivity contribution in [3.63, 3.8) is 0 Å². The minimum atomic E-state index is -0.246. The standard InChI is InChI=1S/C15H20N2O2/c1-10-4-7-14(19-3)13(8-10)17-15(18)16-9-11(2)12-5-6-12/h4,7-9,12H,5-6H2,1-3H3,(H2,16,17,18)/b11-9+. The number of hydrogen-bond acceptors (Lipinski definition) is 2. The van der Waals surface area contributed by atoms with E-state index < -0.39 is 0 Å². The van der Waals surface area contributed by atoms with Gasteiger partial charge in [-0.2, -0.15) is 0 Å². The second-order valence-corrected chi connectivity index (χ2v) is 4.96. The van der Waals surface area contributed by atoms with Gasteiger partial charge in [0.2, 0.25) is 0 Å². The molecule has 1 fully saturated rings. The SMILES string of the molecule is COc1ccc(C)cc1NC(=O)N/C=C(\C)C1CC1. The summed E-state index contributed by atoms with van der Waals surface area (Å²) in [5, 5.41) is 5.55. The van der Waals surface area contributed by atoms with Gasteiger partial charge in [-0.3, -0.25) is 0 Å². The topological polar surface area (TPSA) is 50.4 Å². The van der Waals surface area contributed by atoms with Crippen LogP contribution in [0.5, 0.6) is 5.75 Å². The predicted octanol–water partition coefficient (Wildman–Crippen LogP) is 3.44. The van der Waals surface area contributed by atoms with Crippen LogP contribution in [0.2, 0.25) is 0 Å². The number of aryl methyl sites for hydroxylation is 1. The molecule has 0 unspecified atom stereocenters. The van der Waals surface area contributed by atoms with Gasteiger partial charge >= 0.3 is 6.03 Å². The van der Waals surface area contributed by atoms with Crippen LogP contribution in [0.4, 0.5) is 10.5 Å². The molecule has 1 saturated carbocycles. The Morgan fingerprint density at radius 3 is 2.79 bits per heavy atom. The molecular formula is C15H20N2O2. The third-order valence-electron chi connectivity index (χ3n) is 3.26. The Balaban J connectivity index is 1.98. The number of methoxy groups -OCH3 is 1. The van der Waals surface area contributed by atoms with Gasteiger partial charge in [-0.1, -0.05) is 11.6 Å². The van der Waals surface area contributed by atoms with Crippen molar-refractivity contribution in [1.82, 2.24) is 5.32 Å². The van der Waals surface area contributed by atoms with Crippen LogP contribution >= 0.6 is 0 Å². The van der Waals surface area contributed by atoms with Crippen LogP contribution in [0.1, 0.15) is 25.3 Å². The highest BCUT2D eigenvalue weighted by atomic mass is 16.5. The van der Waals surface area contributed by atoms with Gasteiger partial charge in [-0.15, -0.1) is 0 Å². The summed E-state index contributed by atoms with van der Waals surface area (Å²) in [5.41, 5.74) is 2.98. The van der Waals surface area contributed by atoms with E-state index in [0.29, 0.717) is 17.4 Å². The average Bonchev–Trinajstić information content (AvgIpc) is 3.20. The van der Waals surface area contributed by atoms with Gasteiger partial charge in [0.1, 0.15) is 5.75 Å². The number of benzene rings is 1. The molecule has 2 rings (SSSR count). The maximum absolute atomic E-state index is 11.8. The summed E-state index contributed by atoms with van der Waals surface area (Å²) in [6.07, 6.45) is 4.25. The first-order chi connectivity index (χ1) is 9.10. The van der Waals surface area contributed by atoms with Crippen LogP contribution in [0, 0.1) is 12.8 Å². The molecule has 4 nitrogen and oxygen atoms in total. The summed E-state index contributed by atoms with van der Waals surface area (Å²) in [6.45, 7) is 4.02. The summed E-state index contributed by atoms with van der Waals surface area (Å²) in [4.78, 5) is 11.8. The van der Waals surface area contributed by atoms with Crippen LogP contribution in [0.3, 0.4) is 0 Å². The molecule has 0 bridgehead atoms. The van der Waals surface area contributed by atoms with Crippen molar-refractivity contribution in [3.8, 4) is 5.75 Å². The fourth-order valence-corrected chi connectivity index (χ4v) is 1.91. The van der Waals surface area contributed by atoms with E-state index in [-0.39, 0.29) is 6.03 Å². The minimum absolute atomic E-state index is 0.246. The van der Waals surface area contributed by atoms with Gasteiger partial charge in [0.05, 0.1) is 12.8 Å². The Morgan fingerprint density at radius 2 is 2.16 bits per heavy atom. The Labute approximate surface area is 113 Å². The third kappa shape index (κ3) is 3.74. The Kier molecular flexibility index (Phi) is 4.10. The summed E-state index contributed by atoms with van der Waals surface area (Å²) in [7, 11) is 1.59. The molecule has 102 valence electrons. The molecule has 0 atom stereocenters. The van der Waals surface area contributed by atoms with E-state index in [0.717, 1.165) is 5.56 Å². The zero-order chi connectivity index (χ0) is 13.8. The quantitative estimate of drug-likeness (QED) is 0.871. The normalized spacial score (nSPS) is 15.0. The predicted molar refractivity (Wildman–Crippen MR) is 76.4 cm³/mol. The highest BCUT2D eigenvalue weighted by Gasteiger charge is 2.22. The number of nitrogens with one attached hydrogen (secondary N) is 2. The Hall–Kier alpha value is -1.97. The number of carbonyl (C=O) groups is 1. The molecule has 1 aromatic rings. The first-order valence-electron chi connectivity index (χ1n) is 6.49. The number of hydrogen-bond donors (Lipinski definition) is 2. The number of ether oxygens (including phenoxy) is 1. The van der Waals surface area contributed by atoms with E-state index in [1.807, 2.05) is 32.0 Å². The summed E-state index contributed by atoms with van der Waals surface area (Å²) in [5.74, 6) is 1.32. The van der Waals surface area contributed by atoms with Crippen molar-refractivity contribution in [2.24, 2.45) is 5.92 Å². The molecule has 1 aliphatic rings. The van der Waals surface area contributed by atoms with Gasteiger partial charge in [0, 0.05) is 6.20 Å². The fourth-order valence-electron chi connectivity index (χ4n) is 1.91. The molecular weight excluding hydrogens is 240 g/mol. The minimum Gasteiger partial charge on any atom is -0.495 e. The Bertz CT molecular complexity index is 505. The summed E-state index contributed by atoms with van der Waals surface area (Å²) < 4.78 is 5.22. The molecule has 4 heteroatoms. The highest BCUT2D eigenvalue weighted by Crippen LogP contribution is 2.35. The van der Waals surface area contributed by atoms with Crippen LogP contribution in [0.15, 0.2) is 30.0 Å². The molecule has 1 aromatic carbocycles. The van der Waals surface area contributed by atoms with Crippen LogP contribution in [-0.4, -0.2) is 13.1 Å². The van der Waals surface area contributed by atoms with Gasteiger partial charge < -0.3 is 15.4 Å². The number of amides is 2. The number of urea groups is 1. The van der Waals surface area contributed by atoms with E-state index in [2.05, 4.69) is 10.6 Å². The van der Waals surface area contributed by atoms with E-state index in [4.69, 9.17) is 4.74 Å². The average molecular weight is 260 g/mol. The zero-order valence-corrected chi connectivity index (χ0v) is 11.6. The highest BCUT2D eigenvalue weighted by molar-refractivity contribution is 5.91. The molecule has 1 aliphatic carbocycles. The fraction of sp³-hybridized carbons (Fsp3) is 0.400. The van der Waals surface area contributed by atoms with Gasteiger partial charge in [-0.05, 0) is 50.3 Å². The van der Waals surface area contributed by atoms with E-state index in [1.54, 1.807) is 13.3 Å². The first-order valence-corrected chi connectivity index (χ1v) is 6.49. The Morgan fingerprint density at radius 1 is 1.42 bits per heavy atom. The van der Waals surface area contributed by atoms with Crippen molar-refractivity contribution < 1.29 is 9.53 Å². The molecule has 0 aliphatic heterocycles. The van der Waals surface area contributed by atoms with Crippen molar-refractivity contribution in [2.45, 2.75) is 26.7 Å². The smallest absolute Gasteiger partial charge is 0.323 e. The lowest BCUT2D eigenvalue weighted by Crippen LogP contribution is -2.24. The summed E-state index contributed by atoms with van der Waals surface area (Å²) >= 11 is 0. The first kappa shape index (κ1) is 13.5. The van der Waals surface area contributed by atoms with Crippen molar-refractivity contribution in [3.05, 3.63) is 35.5 Å². The van der Waals surface area contributed by atoms with E-state index in [9.17, 15) is 4.79 Å². The second-order valence-electron chi connectivity index (χ2n) is 4.96. The molecule has 2 amide bonds. The zero-order valence-electron chi connectivity index (χ0n) is 11.6. The largest absolute Gasteiger partial charge is 0.495 e. The summed E-state index contributed by atoms with van der Waals surface area (Å²) in [6, 6.07) is 5.43. The van der Waals surface area contributed by atoms with Gasteiger partial charge in [0.15, 0.2) is 0 Å². The van der Waals surface area contributed by atoms with E-state index in [1.165, 1.54) is 18.4 Å². The van der Waals surface area contributed by atoms with Crippen LogP contribution < -0.4 is 15.4 Å². The molecule has 0 aromatic heterocycles. The van der Waals surface area contributed by atoms with Crippen LogP contribution in [-0.2, 0) is 0 Å². The van der Waals surface area contributed by atoms with E-state index >= 15 is 0 Å². The lowest BCUT2D eigenvalue weighted by atomic mass is 10.2. The lowest BCUT2D eigenvalue weighted by molar-refractivity contribution is 0.255. The molecule has 0 saturated heterocycles. The maximum atomic E-state index is 11.8. The van der Waals surface area contributed by atoms with Crippen molar-refractivity contribution in [2.75, 3.05) is 12.4 Å².